The van der Waals surface area contributed by atoms with Gasteiger partial charge in [-0.25, -0.2) is 0 Å². The lowest BCUT2D eigenvalue weighted by atomic mass is 10.1. The Bertz CT molecular complexity index is 1010. The van der Waals surface area contributed by atoms with Crippen LogP contribution in [0.3, 0.4) is 0 Å². The number of carbonyl (C=O) groups excluding carboxylic acids is 1. The van der Waals surface area contributed by atoms with Crippen molar-refractivity contribution >= 4 is 5.91 Å². The number of methoxy groups -OCH3 is 2. The van der Waals surface area contributed by atoms with Crippen LogP contribution in [0.25, 0.3) is 0 Å². The molecular weight excluding hydrogens is 368 g/mol. The number of carbonyl (C=O) groups is 1. The molecule has 6 heteroatoms. The van der Waals surface area contributed by atoms with Gasteiger partial charge in [0.2, 0.25) is 0 Å². The van der Waals surface area contributed by atoms with E-state index in [0.717, 1.165) is 0 Å². The summed E-state index contributed by atoms with van der Waals surface area (Å²) in [6.45, 7) is 0. The van der Waals surface area contributed by atoms with E-state index in [2.05, 4.69) is 11.4 Å². The standard InChI is InChI=1S/C23H20N2O4/c1-27-21-10-6-9-19(22(21)28-2)20(15-24)25-23(26)16-11-13-18(14-12-16)29-17-7-4-3-5-8-17/h3-14,20H,1-2H3,(H,25,26). The SMILES string of the molecule is COc1cccc(C(C#N)NC(=O)c2ccc(Oc3ccccc3)cc2)c1OC. The molecule has 1 N–H and O–H groups in total. The van der Waals surface area contributed by atoms with Crippen molar-refractivity contribution in [2.45, 2.75) is 6.04 Å². The molecule has 0 fully saturated rings. The Morgan fingerprint density at radius 1 is 0.897 bits per heavy atom. The first-order valence-corrected chi connectivity index (χ1v) is 8.90. The highest BCUT2D eigenvalue weighted by molar-refractivity contribution is 5.94. The highest BCUT2D eigenvalue weighted by Crippen LogP contribution is 2.34. The Kier molecular flexibility index (Phi) is 6.33. The zero-order valence-corrected chi connectivity index (χ0v) is 16.1. The van der Waals surface area contributed by atoms with Crippen molar-refractivity contribution in [2.75, 3.05) is 14.2 Å². The highest BCUT2D eigenvalue weighted by atomic mass is 16.5. The zero-order valence-electron chi connectivity index (χ0n) is 16.1. The van der Waals surface area contributed by atoms with E-state index in [9.17, 15) is 10.1 Å². The molecule has 29 heavy (non-hydrogen) atoms. The highest BCUT2D eigenvalue weighted by Gasteiger charge is 2.21. The lowest BCUT2D eigenvalue weighted by Crippen LogP contribution is -2.28. The number of hydrogen-bond acceptors (Lipinski definition) is 5. The summed E-state index contributed by atoms with van der Waals surface area (Å²) < 4.78 is 16.4. The van der Waals surface area contributed by atoms with Crippen LogP contribution in [0, 0.1) is 11.3 Å². The first kappa shape index (κ1) is 19.8. The molecule has 0 heterocycles. The zero-order chi connectivity index (χ0) is 20.6. The molecular formula is C23H20N2O4. The molecule has 1 amide bonds. The van der Waals surface area contributed by atoms with Gasteiger partial charge in [0.25, 0.3) is 5.91 Å². The topological polar surface area (TPSA) is 80.6 Å². The van der Waals surface area contributed by atoms with Crippen molar-refractivity contribution in [3.8, 4) is 29.1 Å². The summed E-state index contributed by atoms with van der Waals surface area (Å²) in [5.41, 5.74) is 0.930. The number of nitrogens with one attached hydrogen (secondary N) is 1. The van der Waals surface area contributed by atoms with E-state index in [1.54, 1.807) is 42.5 Å². The summed E-state index contributed by atoms with van der Waals surface area (Å²) in [4.78, 5) is 12.6. The van der Waals surface area contributed by atoms with Crippen LogP contribution in [0.5, 0.6) is 23.0 Å². The first-order chi connectivity index (χ1) is 14.2. The van der Waals surface area contributed by atoms with Gasteiger partial charge in [0.15, 0.2) is 11.5 Å². The van der Waals surface area contributed by atoms with E-state index in [0.29, 0.717) is 34.1 Å². The van der Waals surface area contributed by atoms with E-state index >= 15 is 0 Å². The van der Waals surface area contributed by atoms with Crippen molar-refractivity contribution < 1.29 is 19.0 Å². The van der Waals surface area contributed by atoms with Crippen LogP contribution in [-0.4, -0.2) is 20.1 Å². The molecule has 3 rings (SSSR count). The molecule has 0 radical (unpaired) electrons. The lowest BCUT2D eigenvalue weighted by molar-refractivity contribution is 0.0944. The Balaban J connectivity index is 1.74. The quantitative estimate of drug-likeness (QED) is 0.645. The number of rotatable bonds is 7. The van der Waals surface area contributed by atoms with Gasteiger partial charge in [-0.3, -0.25) is 4.79 Å². The average Bonchev–Trinajstić information content (AvgIpc) is 2.77. The summed E-state index contributed by atoms with van der Waals surface area (Å²) in [6.07, 6.45) is 0. The van der Waals surface area contributed by atoms with Gasteiger partial charge in [0, 0.05) is 11.1 Å². The maximum absolute atomic E-state index is 12.6. The smallest absolute Gasteiger partial charge is 0.252 e. The Hall–Kier alpha value is -3.98. The molecule has 0 bridgehead atoms. The minimum Gasteiger partial charge on any atom is -0.493 e. The van der Waals surface area contributed by atoms with Gasteiger partial charge in [-0.1, -0.05) is 30.3 Å². The molecule has 0 aromatic heterocycles. The Morgan fingerprint density at radius 3 is 2.21 bits per heavy atom. The van der Waals surface area contributed by atoms with Gasteiger partial charge in [0.05, 0.1) is 20.3 Å². The van der Waals surface area contributed by atoms with Crippen molar-refractivity contribution in [3.63, 3.8) is 0 Å². The molecule has 0 aliphatic rings. The number of nitrogens with zero attached hydrogens (tertiary/aromatic N) is 1. The van der Waals surface area contributed by atoms with Gasteiger partial charge in [-0.2, -0.15) is 5.26 Å². The van der Waals surface area contributed by atoms with Crippen LogP contribution in [0.2, 0.25) is 0 Å². The fourth-order valence-corrected chi connectivity index (χ4v) is 2.83. The largest absolute Gasteiger partial charge is 0.493 e. The van der Waals surface area contributed by atoms with Crippen molar-refractivity contribution in [3.05, 3.63) is 83.9 Å². The van der Waals surface area contributed by atoms with Crippen LogP contribution >= 0.6 is 0 Å². The minimum atomic E-state index is -0.896. The van der Waals surface area contributed by atoms with E-state index < -0.39 is 6.04 Å². The molecule has 3 aromatic carbocycles. The van der Waals surface area contributed by atoms with E-state index in [4.69, 9.17) is 14.2 Å². The van der Waals surface area contributed by atoms with Crippen LogP contribution in [0.1, 0.15) is 22.0 Å². The van der Waals surface area contributed by atoms with E-state index in [1.807, 2.05) is 30.3 Å². The molecule has 0 spiro atoms. The van der Waals surface area contributed by atoms with Crippen LogP contribution in [0.4, 0.5) is 0 Å². The third-order valence-corrected chi connectivity index (χ3v) is 4.24. The number of ether oxygens (including phenoxy) is 3. The van der Waals surface area contributed by atoms with Crippen LogP contribution < -0.4 is 19.5 Å². The molecule has 1 unspecified atom stereocenters. The van der Waals surface area contributed by atoms with Crippen molar-refractivity contribution in [1.82, 2.24) is 5.32 Å². The number of nitriles is 1. The third-order valence-electron chi connectivity index (χ3n) is 4.24. The van der Waals surface area contributed by atoms with Gasteiger partial charge in [-0.05, 0) is 42.5 Å². The minimum absolute atomic E-state index is 0.382. The summed E-state index contributed by atoms with van der Waals surface area (Å²) in [5.74, 6) is 1.83. The molecule has 0 saturated carbocycles. The molecule has 6 nitrogen and oxygen atoms in total. The monoisotopic (exact) mass is 388 g/mol. The van der Waals surface area contributed by atoms with Crippen molar-refractivity contribution in [2.24, 2.45) is 0 Å². The van der Waals surface area contributed by atoms with Crippen LogP contribution in [0.15, 0.2) is 72.8 Å². The predicted octanol–water partition coefficient (Wildman–Crippen LogP) is 4.49. The van der Waals surface area contributed by atoms with Gasteiger partial charge in [0.1, 0.15) is 17.5 Å². The fourth-order valence-electron chi connectivity index (χ4n) is 2.83. The fraction of sp³-hybridized carbons (Fsp3) is 0.130. The summed E-state index contributed by atoms with van der Waals surface area (Å²) in [5, 5.41) is 12.3. The molecule has 0 saturated heterocycles. The number of benzene rings is 3. The Morgan fingerprint density at radius 2 is 1.59 bits per heavy atom. The number of amides is 1. The predicted molar refractivity (Wildman–Crippen MR) is 108 cm³/mol. The first-order valence-electron chi connectivity index (χ1n) is 8.90. The Labute approximate surface area is 169 Å². The normalized spacial score (nSPS) is 11.1. The second-order valence-corrected chi connectivity index (χ2v) is 6.06. The van der Waals surface area contributed by atoms with E-state index in [1.165, 1.54) is 14.2 Å². The molecule has 0 aliphatic carbocycles. The van der Waals surface area contributed by atoms with Gasteiger partial charge >= 0.3 is 0 Å². The second kappa shape index (κ2) is 9.29. The second-order valence-electron chi connectivity index (χ2n) is 6.06. The number of para-hydroxylation sites is 2. The molecule has 1 atom stereocenters. The average molecular weight is 388 g/mol. The van der Waals surface area contributed by atoms with E-state index in [-0.39, 0.29) is 5.91 Å². The lowest BCUT2D eigenvalue weighted by Gasteiger charge is -2.17. The molecule has 146 valence electrons. The number of hydrogen-bond donors (Lipinski definition) is 1. The summed E-state index contributed by atoms with van der Waals surface area (Å²) in [6, 6.07) is 22.4. The van der Waals surface area contributed by atoms with Gasteiger partial charge < -0.3 is 19.5 Å². The van der Waals surface area contributed by atoms with Gasteiger partial charge in [-0.15, -0.1) is 0 Å². The molecule has 3 aromatic rings. The maximum Gasteiger partial charge on any atom is 0.252 e. The van der Waals surface area contributed by atoms with Crippen molar-refractivity contribution in [1.29, 1.82) is 5.26 Å². The van der Waals surface area contributed by atoms with Crippen LogP contribution in [-0.2, 0) is 0 Å². The molecule has 0 aliphatic heterocycles. The third kappa shape index (κ3) is 4.66. The summed E-state index contributed by atoms with van der Waals surface area (Å²) >= 11 is 0. The maximum atomic E-state index is 12.6. The summed E-state index contributed by atoms with van der Waals surface area (Å²) in [7, 11) is 3.00.